The number of carboxylic acids is 1. The van der Waals surface area contributed by atoms with Gasteiger partial charge in [-0.05, 0) is 30.2 Å². The molecule has 0 aromatic heterocycles. The molecule has 1 rings (SSSR count). The van der Waals surface area contributed by atoms with Gasteiger partial charge in [0.15, 0.2) is 0 Å². The van der Waals surface area contributed by atoms with E-state index in [0.29, 0.717) is 6.42 Å². The van der Waals surface area contributed by atoms with Crippen molar-refractivity contribution in [1.29, 1.82) is 5.26 Å². The summed E-state index contributed by atoms with van der Waals surface area (Å²) in [4.78, 5) is 10.7. The van der Waals surface area contributed by atoms with Crippen LogP contribution in [-0.4, -0.2) is 11.1 Å². The summed E-state index contributed by atoms with van der Waals surface area (Å²) < 4.78 is 0. The maximum Gasteiger partial charge on any atom is 0.335 e. The smallest absolute Gasteiger partial charge is 0.335 e. The Morgan fingerprint density at radius 1 is 1.60 bits per heavy atom. The van der Waals surface area contributed by atoms with Crippen LogP contribution in [0.5, 0.6) is 0 Å². The molecule has 0 fully saturated rings. The Kier molecular flexibility index (Phi) is 3.64. The summed E-state index contributed by atoms with van der Waals surface area (Å²) in [5.74, 6) is -0.925. The van der Waals surface area contributed by atoms with Gasteiger partial charge >= 0.3 is 5.97 Å². The summed E-state index contributed by atoms with van der Waals surface area (Å²) in [6, 6.07) is 6.93. The Balaban J connectivity index is 2.94. The van der Waals surface area contributed by atoms with Crippen LogP contribution in [-0.2, 0) is 0 Å². The van der Waals surface area contributed by atoms with Gasteiger partial charge in [0.05, 0.1) is 18.1 Å². The maximum atomic E-state index is 10.7. The molecule has 0 aliphatic rings. The minimum Gasteiger partial charge on any atom is -0.478 e. The van der Waals surface area contributed by atoms with Gasteiger partial charge in [0, 0.05) is 0 Å². The summed E-state index contributed by atoms with van der Waals surface area (Å²) in [7, 11) is 0. The standard InChI is InChI=1S/C12H11NO2/c1-9-8-11(12(14)15)6-5-10(9)4-2-3-7-13/h2,4-6,8H,3H2,1H3,(H,14,15). The first-order valence-corrected chi connectivity index (χ1v) is 4.52. The molecule has 15 heavy (non-hydrogen) atoms. The topological polar surface area (TPSA) is 61.1 Å². The van der Waals surface area contributed by atoms with Crippen LogP contribution in [0.15, 0.2) is 24.3 Å². The van der Waals surface area contributed by atoms with Crippen LogP contribution in [0.4, 0.5) is 0 Å². The Hall–Kier alpha value is -2.08. The van der Waals surface area contributed by atoms with Crippen LogP contribution >= 0.6 is 0 Å². The number of carboxylic acid groups (broad SMARTS) is 1. The summed E-state index contributed by atoms with van der Waals surface area (Å²) in [5, 5.41) is 17.1. The van der Waals surface area contributed by atoms with Crippen molar-refractivity contribution in [2.75, 3.05) is 0 Å². The van der Waals surface area contributed by atoms with Crippen LogP contribution in [0.1, 0.15) is 27.9 Å². The minimum atomic E-state index is -0.925. The van der Waals surface area contributed by atoms with E-state index in [0.717, 1.165) is 11.1 Å². The molecule has 0 aliphatic carbocycles. The van der Waals surface area contributed by atoms with Crippen LogP contribution in [0.2, 0.25) is 0 Å². The molecule has 0 heterocycles. The molecule has 76 valence electrons. The van der Waals surface area contributed by atoms with E-state index in [4.69, 9.17) is 10.4 Å². The summed E-state index contributed by atoms with van der Waals surface area (Å²) in [6.07, 6.45) is 3.94. The monoisotopic (exact) mass is 201 g/mol. The molecule has 0 unspecified atom stereocenters. The third-order valence-corrected chi connectivity index (χ3v) is 2.02. The maximum absolute atomic E-state index is 10.7. The zero-order valence-electron chi connectivity index (χ0n) is 8.40. The Bertz CT molecular complexity index is 441. The third-order valence-electron chi connectivity index (χ3n) is 2.02. The first-order valence-electron chi connectivity index (χ1n) is 4.52. The molecule has 0 bridgehead atoms. The van der Waals surface area contributed by atoms with Crippen molar-refractivity contribution >= 4 is 12.0 Å². The first kappa shape index (κ1) is 11.0. The Labute approximate surface area is 88.3 Å². The van der Waals surface area contributed by atoms with Gasteiger partial charge in [-0.1, -0.05) is 18.2 Å². The Morgan fingerprint density at radius 3 is 2.87 bits per heavy atom. The molecule has 1 aromatic rings. The van der Waals surface area contributed by atoms with E-state index in [2.05, 4.69) is 0 Å². The van der Waals surface area contributed by atoms with Gasteiger partial charge < -0.3 is 5.11 Å². The van der Waals surface area contributed by atoms with Crippen molar-refractivity contribution in [3.05, 3.63) is 41.0 Å². The lowest BCUT2D eigenvalue weighted by atomic mass is 10.0. The van der Waals surface area contributed by atoms with Crippen molar-refractivity contribution in [3.8, 4) is 6.07 Å². The lowest BCUT2D eigenvalue weighted by Gasteiger charge is -2.01. The van der Waals surface area contributed by atoms with E-state index in [1.54, 1.807) is 24.3 Å². The van der Waals surface area contributed by atoms with Crippen molar-refractivity contribution in [1.82, 2.24) is 0 Å². The third kappa shape index (κ3) is 2.96. The van der Waals surface area contributed by atoms with Crippen molar-refractivity contribution in [2.45, 2.75) is 13.3 Å². The molecule has 0 aliphatic heterocycles. The highest BCUT2D eigenvalue weighted by Gasteiger charge is 2.03. The quantitative estimate of drug-likeness (QED) is 0.817. The summed E-state index contributed by atoms with van der Waals surface area (Å²) in [6.45, 7) is 1.85. The molecule has 0 saturated carbocycles. The average Bonchev–Trinajstić information content (AvgIpc) is 2.20. The second-order valence-electron chi connectivity index (χ2n) is 3.14. The molecule has 0 radical (unpaired) electrons. The number of hydrogen-bond acceptors (Lipinski definition) is 2. The number of nitrogens with zero attached hydrogens (tertiary/aromatic N) is 1. The van der Waals surface area contributed by atoms with Crippen molar-refractivity contribution < 1.29 is 9.90 Å². The summed E-state index contributed by atoms with van der Waals surface area (Å²) in [5.41, 5.74) is 2.12. The predicted octanol–water partition coefficient (Wildman–Crippen LogP) is 2.62. The van der Waals surface area contributed by atoms with Gasteiger partial charge in [-0.25, -0.2) is 4.79 Å². The number of carbonyl (C=O) groups is 1. The molecular weight excluding hydrogens is 190 g/mol. The predicted molar refractivity (Wildman–Crippen MR) is 57.4 cm³/mol. The molecule has 1 N–H and O–H groups in total. The highest BCUT2D eigenvalue weighted by molar-refractivity contribution is 5.88. The zero-order chi connectivity index (χ0) is 11.3. The number of benzene rings is 1. The largest absolute Gasteiger partial charge is 0.478 e. The fourth-order valence-corrected chi connectivity index (χ4v) is 1.23. The lowest BCUT2D eigenvalue weighted by Crippen LogP contribution is -1.96. The molecule has 3 nitrogen and oxygen atoms in total. The van der Waals surface area contributed by atoms with E-state index in [1.807, 2.05) is 19.1 Å². The van der Waals surface area contributed by atoms with Crippen LogP contribution in [0.3, 0.4) is 0 Å². The SMILES string of the molecule is Cc1cc(C(=O)O)ccc1C=CCC#N. The van der Waals surface area contributed by atoms with E-state index >= 15 is 0 Å². The van der Waals surface area contributed by atoms with E-state index in [-0.39, 0.29) is 5.56 Å². The highest BCUT2D eigenvalue weighted by Crippen LogP contribution is 2.13. The molecule has 1 aromatic carbocycles. The number of allylic oxidation sites excluding steroid dienone is 1. The van der Waals surface area contributed by atoms with E-state index in [1.165, 1.54) is 0 Å². The van der Waals surface area contributed by atoms with Crippen LogP contribution in [0.25, 0.3) is 6.08 Å². The van der Waals surface area contributed by atoms with Gasteiger partial charge in [0.2, 0.25) is 0 Å². The lowest BCUT2D eigenvalue weighted by molar-refractivity contribution is 0.0697. The van der Waals surface area contributed by atoms with Gasteiger partial charge in [-0.15, -0.1) is 0 Å². The van der Waals surface area contributed by atoms with E-state index in [9.17, 15) is 4.79 Å². The van der Waals surface area contributed by atoms with Crippen molar-refractivity contribution in [2.24, 2.45) is 0 Å². The number of nitriles is 1. The highest BCUT2D eigenvalue weighted by atomic mass is 16.4. The molecule has 0 atom stereocenters. The number of hydrogen-bond donors (Lipinski definition) is 1. The minimum absolute atomic E-state index is 0.282. The molecule has 0 saturated heterocycles. The normalized spacial score (nSPS) is 10.1. The number of rotatable bonds is 3. The molecule has 0 spiro atoms. The van der Waals surface area contributed by atoms with Gasteiger partial charge in [0.1, 0.15) is 0 Å². The van der Waals surface area contributed by atoms with Gasteiger partial charge in [-0.2, -0.15) is 5.26 Å². The van der Waals surface area contributed by atoms with Crippen molar-refractivity contribution in [3.63, 3.8) is 0 Å². The molecule has 3 heteroatoms. The molecule has 0 amide bonds. The fraction of sp³-hybridized carbons (Fsp3) is 0.167. The first-order chi connectivity index (χ1) is 7.15. The second kappa shape index (κ2) is 4.97. The van der Waals surface area contributed by atoms with Gasteiger partial charge in [-0.3, -0.25) is 0 Å². The van der Waals surface area contributed by atoms with Gasteiger partial charge in [0.25, 0.3) is 0 Å². The number of aryl methyl sites for hydroxylation is 1. The average molecular weight is 201 g/mol. The van der Waals surface area contributed by atoms with E-state index < -0.39 is 5.97 Å². The fourth-order valence-electron chi connectivity index (χ4n) is 1.23. The Morgan fingerprint density at radius 2 is 2.33 bits per heavy atom. The van der Waals surface area contributed by atoms with Crippen LogP contribution in [0, 0.1) is 18.3 Å². The zero-order valence-corrected chi connectivity index (χ0v) is 8.40. The summed E-state index contributed by atoms with van der Waals surface area (Å²) >= 11 is 0. The second-order valence-corrected chi connectivity index (χ2v) is 3.14. The number of aromatic carboxylic acids is 1. The van der Waals surface area contributed by atoms with Crippen LogP contribution < -0.4 is 0 Å². The molecular formula is C12H11NO2.